The molecule has 0 aliphatic heterocycles. The summed E-state index contributed by atoms with van der Waals surface area (Å²) < 4.78 is 10.6. The lowest BCUT2D eigenvalue weighted by Crippen LogP contribution is -2.28. The SMILES string of the molecule is CC/C=C\C/C=C\C/C=C\C/C=C\C/C=C\CCCCCCCCCCCCCCCCCCCCCCCCCC(=O)OC(CO)COC(=O)CCCC/C=C\C/C=C\C/C=C\C/C=C\CC. The van der Waals surface area contributed by atoms with Crippen LogP contribution in [0.15, 0.2) is 109 Å². The lowest BCUT2D eigenvalue weighted by Gasteiger charge is -2.15. The Balaban J connectivity index is 3.45. The molecular weight excluding hydrogens is 837 g/mol. The fourth-order valence-electron chi connectivity index (χ4n) is 7.87. The molecule has 0 aliphatic carbocycles. The average Bonchev–Trinajstić information content (AvgIpc) is 3.34. The van der Waals surface area contributed by atoms with Gasteiger partial charge >= 0.3 is 11.9 Å². The molecule has 0 amide bonds. The quantitative estimate of drug-likeness (QED) is 0.0374. The highest BCUT2D eigenvalue weighted by atomic mass is 16.6. The number of carbonyl (C=O) groups is 2. The van der Waals surface area contributed by atoms with Gasteiger partial charge in [0.15, 0.2) is 6.10 Å². The zero-order valence-corrected chi connectivity index (χ0v) is 44.3. The second kappa shape index (κ2) is 57.9. The van der Waals surface area contributed by atoms with Crippen molar-refractivity contribution in [2.45, 2.75) is 264 Å². The van der Waals surface area contributed by atoms with E-state index < -0.39 is 6.10 Å². The molecule has 388 valence electrons. The number of aliphatic hydroxyl groups excluding tert-OH is 1. The first kappa shape index (κ1) is 64.6. The zero-order valence-electron chi connectivity index (χ0n) is 44.3. The summed E-state index contributed by atoms with van der Waals surface area (Å²) in [5, 5.41) is 9.62. The maximum absolute atomic E-state index is 12.3. The maximum Gasteiger partial charge on any atom is 0.306 e. The van der Waals surface area contributed by atoms with Crippen LogP contribution in [0.3, 0.4) is 0 Å². The molecule has 0 aromatic carbocycles. The third-order valence-corrected chi connectivity index (χ3v) is 12.1. The average molecular weight is 944 g/mol. The molecule has 1 atom stereocenters. The van der Waals surface area contributed by atoms with Crippen LogP contribution in [0.5, 0.6) is 0 Å². The Hall–Kier alpha value is -3.44. The van der Waals surface area contributed by atoms with Crippen LogP contribution < -0.4 is 0 Å². The van der Waals surface area contributed by atoms with E-state index in [-0.39, 0.29) is 25.2 Å². The van der Waals surface area contributed by atoms with Gasteiger partial charge in [-0.15, -0.1) is 0 Å². The Kier molecular flexibility index (Phi) is 54.9. The van der Waals surface area contributed by atoms with Crippen LogP contribution in [-0.4, -0.2) is 36.4 Å². The van der Waals surface area contributed by atoms with Gasteiger partial charge in [0.25, 0.3) is 0 Å². The van der Waals surface area contributed by atoms with Gasteiger partial charge in [-0.2, -0.15) is 0 Å². The van der Waals surface area contributed by atoms with E-state index >= 15 is 0 Å². The highest BCUT2D eigenvalue weighted by Gasteiger charge is 2.16. The number of ether oxygens (including phenoxy) is 2. The van der Waals surface area contributed by atoms with Gasteiger partial charge in [0.2, 0.25) is 0 Å². The fraction of sp³-hybridized carbons (Fsp3) is 0.683. The van der Waals surface area contributed by atoms with Gasteiger partial charge in [-0.1, -0.05) is 258 Å². The Morgan fingerprint density at radius 3 is 0.912 bits per heavy atom. The summed E-state index contributed by atoms with van der Waals surface area (Å²) in [5.41, 5.74) is 0. The van der Waals surface area contributed by atoms with E-state index in [1.54, 1.807) is 0 Å². The molecule has 68 heavy (non-hydrogen) atoms. The van der Waals surface area contributed by atoms with Gasteiger partial charge in [-0.25, -0.2) is 0 Å². The Bertz CT molecular complexity index is 1340. The lowest BCUT2D eigenvalue weighted by molar-refractivity contribution is -0.161. The van der Waals surface area contributed by atoms with Crippen molar-refractivity contribution in [3.63, 3.8) is 0 Å². The van der Waals surface area contributed by atoms with E-state index in [2.05, 4.69) is 123 Å². The lowest BCUT2D eigenvalue weighted by atomic mass is 10.0. The van der Waals surface area contributed by atoms with Crippen LogP contribution in [0.4, 0.5) is 0 Å². The van der Waals surface area contributed by atoms with Crippen LogP contribution in [-0.2, 0) is 19.1 Å². The van der Waals surface area contributed by atoms with Gasteiger partial charge in [0.05, 0.1) is 6.61 Å². The van der Waals surface area contributed by atoms with Gasteiger partial charge in [0, 0.05) is 12.8 Å². The number of aliphatic hydroxyl groups is 1. The van der Waals surface area contributed by atoms with Crippen LogP contribution in [0.25, 0.3) is 0 Å². The fourth-order valence-corrected chi connectivity index (χ4v) is 7.87. The van der Waals surface area contributed by atoms with Crippen molar-refractivity contribution in [1.82, 2.24) is 0 Å². The van der Waals surface area contributed by atoms with Crippen molar-refractivity contribution in [3.8, 4) is 0 Å². The number of esters is 2. The monoisotopic (exact) mass is 943 g/mol. The van der Waals surface area contributed by atoms with E-state index in [9.17, 15) is 14.7 Å². The van der Waals surface area contributed by atoms with Crippen molar-refractivity contribution in [3.05, 3.63) is 109 Å². The number of carbonyl (C=O) groups excluding carboxylic acids is 2. The molecule has 5 heteroatoms. The Morgan fingerprint density at radius 2 is 0.588 bits per heavy atom. The van der Waals surface area contributed by atoms with Gasteiger partial charge in [0.1, 0.15) is 6.61 Å². The largest absolute Gasteiger partial charge is 0.462 e. The predicted molar refractivity (Wildman–Crippen MR) is 297 cm³/mol. The van der Waals surface area contributed by atoms with Crippen molar-refractivity contribution in [1.29, 1.82) is 0 Å². The summed E-state index contributed by atoms with van der Waals surface area (Å²) >= 11 is 0. The van der Waals surface area contributed by atoms with E-state index in [1.165, 1.54) is 135 Å². The number of unbranched alkanes of at least 4 members (excludes halogenated alkanes) is 25. The summed E-state index contributed by atoms with van der Waals surface area (Å²) in [4.78, 5) is 24.4. The number of allylic oxidation sites excluding steroid dienone is 18. The normalized spacial score (nSPS) is 13.0. The van der Waals surface area contributed by atoms with Crippen LogP contribution in [0.1, 0.15) is 258 Å². The third kappa shape index (κ3) is 55.2. The molecule has 0 aliphatic rings. The second-order valence-electron chi connectivity index (χ2n) is 18.6. The number of rotatable bonds is 51. The highest BCUT2D eigenvalue weighted by Crippen LogP contribution is 2.16. The van der Waals surface area contributed by atoms with E-state index in [0.717, 1.165) is 96.3 Å². The van der Waals surface area contributed by atoms with Crippen molar-refractivity contribution in [2.75, 3.05) is 13.2 Å². The molecule has 0 rings (SSSR count). The Morgan fingerprint density at radius 1 is 0.338 bits per heavy atom. The number of hydrogen-bond acceptors (Lipinski definition) is 5. The van der Waals surface area contributed by atoms with Crippen LogP contribution >= 0.6 is 0 Å². The van der Waals surface area contributed by atoms with Gasteiger partial charge < -0.3 is 14.6 Å². The molecule has 0 bridgehead atoms. The first-order valence-corrected chi connectivity index (χ1v) is 28.4. The molecule has 0 aromatic rings. The standard InChI is InChI=1S/C63H106O5/c1-3-5-7-9-11-13-15-17-19-20-21-22-23-24-25-26-27-28-29-30-31-32-33-34-35-36-37-38-39-40-41-42-44-46-48-50-52-54-56-58-63(66)68-61(59-64)60-67-62(65)57-55-53-51-49-47-45-43-18-16-14-12-10-8-6-4-2/h5-8,11-14,17-19,21-22,24-25,43,47,49,61,64H,3-4,9-10,15-16,20,23,26-42,44-46,48,50-60H2,1-2H3/b7-5-,8-6-,13-11-,14-12-,19-17-,22-21-,25-24-,43-18-,49-47-. The zero-order chi connectivity index (χ0) is 49.2. The number of hydrogen-bond donors (Lipinski definition) is 1. The summed E-state index contributed by atoms with van der Waals surface area (Å²) in [5.74, 6) is -0.637. The van der Waals surface area contributed by atoms with Crippen LogP contribution in [0, 0.1) is 0 Å². The summed E-state index contributed by atoms with van der Waals surface area (Å²) in [6.45, 7) is 3.88. The van der Waals surface area contributed by atoms with E-state index in [1.807, 2.05) is 0 Å². The van der Waals surface area contributed by atoms with E-state index in [4.69, 9.17) is 9.47 Å². The molecule has 0 saturated heterocycles. The summed E-state index contributed by atoms with van der Waals surface area (Å²) in [6, 6.07) is 0. The molecule has 1 unspecified atom stereocenters. The Labute approximate surface area is 421 Å². The maximum atomic E-state index is 12.3. The minimum atomic E-state index is -0.793. The topological polar surface area (TPSA) is 72.8 Å². The van der Waals surface area contributed by atoms with Gasteiger partial charge in [-0.05, 0) is 96.3 Å². The van der Waals surface area contributed by atoms with Crippen LogP contribution in [0.2, 0.25) is 0 Å². The molecular formula is C63H106O5. The minimum absolute atomic E-state index is 0.0895. The van der Waals surface area contributed by atoms with Crippen molar-refractivity contribution < 1.29 is 24.2 Å². The second-order valence-corrected chi connectivity index (χ2v) is 18.6. The summed E-state index contributed by atoms with van der Waals surface area (Å²) in [7, 11) is 0. The molecule has 0 radical (unpaired) electrons. The predicted octanol–water partition coefficient (Wildman–Crippen LogP) is 19.3. The highest BCUT2D eigenvalue weighted by molar-refractivity contribution is 5.70. The minimum Gasteiger partial charge on any atom is -0.462 e. The molecule has 0 saturated carbocycles. The first-order valence-electron chi connectivity index (χ1n) is 28.4. The molecule has 0 aromatic heterocycles. The van der Waals surface area contributed by atoms with Crippen molar-refractivity contribution >= 4 is 11.9 Å². The molecule has 0 fully saturated rings. The van der Waals surface area contributed by atoms with E-state index in [0.29, 0.717) is 12.8 Å². The molecule has 0 spiro atoms. The smallest absolute Gasteiger partial charge is 0.306 e. The third-order valence-electron chi connectivity index (χ3n) is 12.1. The van der Waals surface area contributed by atoms with Crippen molar-refractivity contribution in [2.24, 2.45) is 0 Å². The first-order chi connectivity index (χ1) is 33.6. The van der Waals surface area contributed by atoms with Gasteiger partial charge in [-0.3, -0.25) is 9.59 Å². The molecule has 0 heterocycles. The molecule has 5 nitrogen and oxygen atoms in total. The molecule has 1 N–H and O–H groups in total. The summed E-state index contributed by atoms with van der Waals surface area (Å²) in [6.07, 6.45) is 83.7.